The average molecular weight is 216 g/mol. The fourth-order valence-corrected chi connectivity index (χ4v) is 1.84. The fraction of sp³-hybridized carbons (Fsp3) is 0.800. The van der Waals surface area contributed by atoms with Crippen molar-refractivity contribution in [2.75, 3.05) is 19.8 Å². The molecule has 0 saturated heterocycles. The molecule has 2 radical (unpaired) electrons. The van der Waals surface area contributed by atoms with Crippen LogP contribution in [0.1, 0.15) is 20.8 Å². The summed E-state index contributed by atoms with van der Waals surface area (Å²) in [5, 5.41) is 0. The molecule has 0 fully saturated rings. The zero-order chi connectivity index (χ0) is 10.9. The lowest BCUT2D eigenvalue weighted by atomic mass is 10.6. The molecule has 0 N–H and O–H groups in total. The molecule has 0 aliphatic carbocycles. The lowest BCUT2D eigenvalue weighted by molar-refractivity contribution is -0.365. The Kier molecular flexibility index (Phi) is 8.08. The number of ether oxygens (including phenoxy) is 3. The van der Waals surface area contributed by atoms with E-state index in [1.165, 1.54) is 0 Å². The number of hydrogen-bond donors (Lipinski definition) is 0. The monoisotopic (exact) mass is 216 g/mol. The Morgan fingerprint density at radius 3 is 1.79 bits per heavy atom. The van der Waals surface area contributed by atoms with Crippen LogP contribution in [-0.2, 0) is 14.2 Å². The van der Waals surface area contributed by atoms with Crippen LogP contribution in [0.15, 0.2) is 12.3 Å². The van der Waals surface area contributed by atoms with Crippen molar-refractivity contribution >= 4 is 9.52 Å². The molecule has 0 amide bonds. The van der Waals surface area contributed by atoms with E-state index in [4.69, 9.17) is 14.2 Å². The maximum Gasteiger partial charge on any atom is 0.280 e. The molecule has 0 saturated carbocycles. The van der Waals surface area contributed by atoms with Crippen LogP contribution in [0.5, 0.6) is 0 Å². The summed E-state index contributed by atoms with van der Waals surface area (Å²) in [4.78, 5) is 0. The van der Waals surface area contributed by atoms with E-state index < -0.39 is 5.97 Å². The Hall–Kier alpha value is -0.163. The van der Waals surface area contributed by atoms with Gasteiger partial charge in [-0.3, -0.25) is 0 Å². The Labute approximate surface area is 89.2 Å². The summed E-state index contributed by atoms with van der Waals surface area (Å²) in [5.41, 5.74) is 1.87. The Balaban J connectivity index is 4.28. The van der Waals surface area contributed by atoms with Crippen LogP contribution >= 0.6 is 0 Å². The van der Waals surface area contributed by atoms with Gasteiger partial charge in [0.25, 0.3) is 5.97 Å². The summed E-state index contributed by atoms with van der Waals surface area (Å²) in [6.07, 6.45) is 0. The molecule has 0 aliphatic rings. The molecule has 0 aromatic heterocycles. The molecule has 14 heavy (non-hydrogen) atoms. The minimum absolute atomic E-state index is 0.585. The molecular weight excluding hydrogens is 196 g/mol. The van der Waals surface area contributed by atoms with E-state index in [1.807, 2.05) is 26.5 Å². The van der Waals surface area contributed by atoms with Crippen LogP contribution in [0, 0.1) is 0 Å². The van der Waals surface area contributed by atoms with Crippen molar-refractivity contribution in [2.45, 2.75) is 32.8 Å². The van der Waals surface area contributed by atoms with Crippen LogP contribution in [0.2, 0.25) is 6.04 Å². The molecular formula is C10H20O3Si. The predicted molar refractivity (Wildman–Crippen MR) is 58.4 cm³/mol. The first-order valence-corrected chi connectivity index (χ1v) is 6.29. The fourth-order valence-electron chi connectivity index (χ4n) is 1.14. The van der Waals surface area contributed by atoms with E-state index in [9.17, 15) is 0 Å². The molecule has 0 spiro atoms. The van der Waals surface area contributed by atoms with Gasteiger partial charge in [0.2, 0.25) is 0 Å². The summed E-state index contributed by atoms with van der Waals surface area (Å²) < 4.78 is 16.6. The molecule has 0 atom stereocenters. The van der Waals surface area contributed by atoms with Crippen LogP contribution in [0.3, 0.4) is 0 Å². The summed E-state index contributed by atoms with van der Waals surface area (Å²) in [6, 6.07) is 0.714. The highest BCUT2D eigenvalue weighted by atomic mass is 28.2. The van der Waals surface area contributed by atoms with E-state index >= 15 is 0 Å². The first-order chi connectivity index (χ1) is 6.74. The Bertz CT molecular complexity index is 133. The normalized spacial score (nSPS) is 11.6. The second-order valence-electron chi connectivity index (χ2n) is 2.57. The summed E-state index contributed by atoms with van der Waals surface area (Å²) in [7, 11) is 0.585. The quantitative estimate of drug-likeness (QED) is 0.436. The minimum atomic E-state index is -0.856. The van der Waals surface area contributed by atoms with Crippen LogP contribution in [0.25, 0.3) is 0 Å². The second-order valence-corrected chi connectivity index (χ2v) is 3.74. The van der Waals surface area contributed by atoms with Crippen molar-refractivity contribution in [1.29, 1.82) is 0 Å². The first-order valence-electron chi connectivity index (χ1n) is 5.00. The molecule has 4 heteroatoms. The van der Waals surface area contributed by atoms with Crippen LogP contribution in [0.4, 0.5) is 0 Å². The summed E-state index contributed by atoms with van der Waals surface area (Å²) >= 11 is 0. The standard InChI is InChI=1S/C10H20O3Si/c1-5-11-10(12-6-2,13-7-3)9-14-8-4/h8H,4-7,9H2,1-3H3. The topological polar surface area (TPSA) is 27.7 Å². The maximum atomic E-state index is 5.53. The van der Waals surface area contributed by atoms with Crippen LogP contribution in [-0.4, -0.2) is 35.3 Å². The van der Waals surface area contributed by atoms with E-state index in [-0.39, 0.29) is 0 Å². The summed E-state index contributed by atoms with van der Waals surface area (Å²) in [6.45, 7) is 11.2. The molecule has 0 aromatic carbocycles. The lowest BCUT2D eigenvalue weighted by Gasteiger charge is -2.31. The van der Waals surface area contributed by atoms with Crippen molar-refractivity contribution in [3.05, 3.63) is 12.3 Å². The smallest absolute Gasteiger partial charge is 0.280 e. The molecule has 0 bridgehead atoms. The van der Waals surface area contributed by atoms with Gasteiger partial charge in [0, 0.05) is 25.9 Å². The predicted octanol–water partition coefficient (Wildman–Crippen LogP) is 2.02. The van der Waals surface area contributed by atoms with Crippen molar-refractivity contribution in [3.63, 3.8) is 0 Å². The Morgan fingerprint density at radius 1 is 1.07 bits per heavy atom. The highest BCUT2D eigenvalue weighted by Gasteiger charge is 2.31. The highest BCUT2D eigenvalue weighted by molar-refractivity contribution is 6.42. The van der Waals surface area contributed by atoms with Crippen molar-refractivity contribution in [3.8, 4) is 0 Å². The third-order valence-corrected chi connectivity index (χ3v) is 2.48. The second kappa shape index (κ2) is 8.17. The molecule has 0 aromatic rings. The third kappa shape index (κ3) is 4.90. The van der Waals surface area contributed by atoms with Gasteiger partial charge < -0.3 is 14.2 Å². The summed E-state index contributed by atoms with van der Waals surface area (Å²) in [5.74, 6) is -0.856. The average Bonchev–Trinajstić information content (AvgIpc) is 2.16. The van der Waals surface area contributed by atoms with Crippen molar-refractivity contribution in [2.24, 2.45) is 0 Å². The van der Waals surface area contributed by atoms with Crippen molar-refractivity contribution in [1.82, 2.24) is 0 Å². The van der Waals surface area contributed by atoms with Gasteiger partial charge in [-0.1, -0.05) is 0 Å². The van der Waals surface area contributed by atoms with Gasteiger partial charge in [0.15, 0.2) is 0 Å². The number of rotatable bonds is 9. The largest absolute Gasteiger partial charge is 0.328 e. The third-order valence-electron chi connectivity index (χ3n) is 1.56. The molecule has 3 nitrogen and oxygen atoms in total. The Morgan fingerprint density at radius 2 is 1.50 bits per heavy atom. The number of hydrogen-bond acceptors (Lipinski definition) is 3. The molecule has 0 heterocycles. The van der Waals surface area contributed by atoms with E-state index in [1.54, 1.807) is 0 Å². The highest BCUT2D eigenvalue weighted by Crippen LogP contribution is 2.20. The molecule has 82 valence electrons. The van der Waals surface area contributed by atoms with Gasteiger partial charge in [-0.2, -0.15) is 0 Å². The van der Waals surface area contributed by atoms with Crippen molar-refractivity contribution < 1.29 is 14.2 Å². The molecule has 0 aliphatic heterocycles. The zero-order valence-electron chi connectivity index (χ0n) is 9.34. The molecule has 0 rings (SSSR count). The lowest BCUT2D eigenvalue weighted by Crippen LogP contribution is -2.40. The van der Waals surface area contributed by atoms with Gasteiger partial charge in [0.1, 0.15) is 0 Å². The maximum absolute atomic E-state index is 5.53. The van der Waals surface area contributed by atoms with E-state index in [0.29, 0.717) is 35.4 Å². The van der Waals surface area contributed by atoms with Gasteiger partial charge in [-0.15, -0.1) is 12.3 Å². The van der Waals surface area contributed by atoms with Gasteiger partial charge >= 0.3 is 0 Å². The zero-order valence-corrected chi connectivity index (χ0v) is 10.3. The van der Waals surface area contributed by atoms with Crippen LogP contribution < -0.4 is 0 Å². The molecule has 0 unspecified atom stereocenters. The van der Waals surface area contributed by atoms with E-state index in [0.717, 1.165) is 0 Å². The van der Waals surface area contributed by atoms with Gasteiger partial charge in [-0.05, 0) is 20.8 Å². The van der Waals surface area contributed by atoms with Gasteiger partial charge in [0.05, 0.1) is 9.52 Å². The first kappa shape index (κ1) is 13.8. The minimum Gasteiger partial charge on any atom is -0.328 e. The van der Waals surface area contributed by atoms with Gasteiger partial charge in [-0.25, -0.2) is 0 Å². The van der Waals surface area contributed by atoms with E-state index in [2.05, 4.69) is 6.58 Å². The SMILES string of the molecule is C=C[Si]CC(OCC)(OCC)OCC.